The van der Waals surface area contributed by atoms with Gasteiger partial charge in [-0.25, -0.2) is 0 Å². The summed E-state index contributed by atoms with van der Waals surface area (Å²) in [6.07, 6.45) is 0.950. The van der Waals surface area contributed by atoms with E-state index in [0.29, 0.717) is 21.9 Å². The molecule has 0 spiro atoms. The van der Waals surface area contributed by atoms with Gasteiger partial charge in [-0.15, -0.1) is 11.8 Å². The third-order valence-corrected chi connectivity index (χ3v) is 5.01. The maximum Gasteiger partial charge on any atom is 0.142 e. The first-order chi connectivity index (χ1) is 9.24. The van der Waals surface area contributed by atoms with Crippen LogP contribution in [0.4, 0.5) is 0 Å². The molecule has 98 valence electrons. The van der Waals surface area contributed by atoms with Crippen molar-refractivity contribution in [3.8, 4) is 5.75 Å². The van der Waals surface area contributed by atoms with Crippen LogP contribution in [-0.4, -0.2) is 11.9 Å². The van der Waals surface area contributed by atoms with Crippen molar-refractivity contribution in [2.24, 2.45) is 0 Å². The first-order valence-corrected chi connectivity index (χ1v) is 7.69. The van der Waals surface area contributed by atoms with Crippen molar-refractivity contribution in [2.75, 3.05) is 6.61 Å². The van der Waals surface area contributed by atoms with Crippen LogP contribution in [0.3, 0.4) is 0 Å². The van der Waals surface area contributed by atoms with Crippen LogP contribution in [0.25, 0.3) is 0 Å². The third-order valence-electron chi connectivity index (χ3n) is 3.04. The van der Waals surface area contributed by atoms with Crippen molar-refractivity contribution in [1.29, 1.82) is 0 Å². The van der Waals surface area contributed by atoms with Crippen LogP contribution in [-0.2, 0) is 6.42 Å². The zero-order chi connectivity index (χ0) is 13.2. The molecule has 0 fully saturated rings. The summed E-state index contributed by atoms with van der Waals surface area (Å²) in [7, 11) is 0. The van der Waals surface area contributed by atoms with E-state index in [1.165, 1.54) is 4.90 Å². The Morgan fingerprint density at radius 3 is 2.63 bits per heavy atom. The highest BCUT2D eigenvalue weighted by atomic mass is 35.5. The number of rotatable bonds is 2. The molecule has 0 bridgehead atoms. The Balaban J connectivity index is 1.78. The Bertz CT molecular complexity index is 586. The number of hydrogen-bond acceptors (Lipinski definition) is 2. The van der Waals surface area contributed by atoms with Crippen molar-refractivity contribution in [3.63, 3.8) is 0 Å². The summed E-state index contributed by atoms with van der Waals surface area (Å²) in [5, 5.41) is 1.49. The van der Waals surface area contributed by atoms with Crippen molar-refractivity contribution in [3.05, 3.63) is 58.1 Å². The number of benzene rings is 2. The maximum absolute atomic E-state index is 6.16. The van der Waals surface area contributed by atoms with Gasteiger partial charge in [-0.2, -0.15) is 0 Å². The van der Waals surface area contributed by atoms with Crippen LogP contribution in [0.2, 0.25) is 10.0 Å². The van der Waals surface area contributed by atoms with Crippen LogP contribution in [0.5, 0.6) is 5.75 Å². The Hall–Kier alpha value is -0.830. The van der Waals surface area contributed by atoms with Gasteiger partial charge in [-0.3, -0.25) is 0 Å². The van der Waals surface area contributed by atoms with Gasteiger partial charge in [0.1, 0.15) is 17.4 Å². The smallest absolute Gasteiger partial charge is 0.142 e. The molecule has 2 aromatic rings. The molecule has 1 nitrogen and oxygen atoms in total. The van der Waals surface area contributed by atoms with E-state index in [1.807, 2.05) is 30.0 Å². The molecule has 0 aliphatic carbocycles. The second kappa shape index (κ2) is 5.66. The van der Waals surface area contributed by atoms with E-state index in [9.17, 15) is 0 Å². The van der Waals surface area contributed by atoms with Crippen molar-refractivity contribution >= 4 is 35.0 Å². The van der Waals surface area contributed by atoms with Crippen LogP contribution < -0.4 is 4.74 Å². The summed E-state index contributed by atoms with van der Waals surface area (Å²) in [5.41, 5.74) is 1.13. The van der Waals surface area contributed by atoms with E-state index in [1.54, 1.807) is 0 Å². The van der Waals surface area contributed by atoms with E-state index in [2.05, 4.69) is 24.3 Å². The molecule has 1 heterocycles. The summed E-state index contributed by atoms with van der Waals surface area (Å²) in [6, 6.07) is 14.2. The standard InChI is InChI=1S/C15H12Cl2OS/c16-13-7-6-10-8-12(9-18-15(10)14(13)17)19-11-4-2-1-3-5-11/h1-7,12H,8-9H2. The van der Waals surface area contributed by atoms with Crippen LogP contribution in [0.15, 0.2) is 47.4 Å². The molecule has 0 radical (unpaired) electrons. The molecule has 1 aliphatic heterocycles. The number of halogens is 2. The normalized spacial score (nSPS) is 17.7. The highest BCUT2D eigenvalue weighted by molar-refractivity contribution is 8.00. The predicted molar refractivity (Wildman–Crippen MR) is 81.7 cm³/mol. The first-order valence-electron chi connectivity index (χ1n) is 6.05. The average molecular weight is 311 g/mol. The quantitative estimate of drug-likeness (QED) is 0.764. The fourth-order valence-corrected chi connectivity index (χ4v) is 3.62. The zero-order valence-electron chi connectivity index (χ0n) is 10.1. The van der Waals surface area contributed by atoms with Gasteiger partial charge < -0.3 is 4.74 Å². The molecule has 0 N–H and O–H groups in total. The third kappa shape index (κ3) is 2.86. The second-order valence-electron chi connectivity index (χ2n) is 4.42. The lowest BCUT2D eigenvalue weighted by Gasteiger charge is -2.26. The van der Waals surface area contributed by atoms with E-state index >= 15 is 0 Å². The highest BCUT2D eigenvalue weighted by Gasteiger charge is 2.23. The highest BCUT2D eigenvalue weighted by Crippen LogP contribution is 2.40. The molecule has 0 saturated heterocycles. The van der Waals surface area contributed by atoms with Crippen molar-refractivity contribution in [2.45, 2.75) is 16.6 Å². The number of ether oxygens (including phenoxy) is 1. The van der Waals surface area contributed by atoms with E-state index < -0.39 is 0 Å². The van der Waals surface area contributed by atoms with Gasteiger partial charge in [0, 0.05) is 10.1 Å². The summed E-state index contributed by atoms with van der Waals surface area (Å²) in [4.78, 5) is 1.26. The fraction of sp³-hybridized carbons (Fsp3) is 0.200. The maximum atomic E-state index is 6.16. The number of thioether (sulfide) groups is 1. The molecular formula is C15H12Cl2OS. The second-order valence-corrected chi connectivity index (χ2v) is 6.58. The van der Waals surface area contributed by atoms with Gasteiger partial charge in [0.05, 0.1) is 5.02 Å². The Morgan fingerprint density at radius 1 is 1.05 bits per heavy atom. The molecule has 2 aromatic carbocycles. The van der Waals surface area contributed by atoms with Crippen LogP contribution in [0, 0.1) is 0 Å². The summed E-state index contributed by atoms with van der Waals surface area (Å²) in [6.45, 7) is 0.659. The molecule has 1 aliphatic rings. The number of hydrogen-bond donors (Lipinski definition) is 0. The molecule has 0 aromatic heterocycles. The topological polar surface area (TPSA) is 9.23 Å². The van der Waals surface area contributed by atoms with E-state index in [-0.39, 0.29) is 0 Å². The average Bonchev–Trinajstić information content (AvgIpc) is 2.44. The first kappa shape index (κ1) is 13.2. The molecule has 1 atom stereocenters. The van der Waals surface area contributed by atoms with Gasteiger partial charge in [0.25, 0.3) is 0 Å². The summed E-state index contributed by atoms with van der Waals surface area (Å²) in [5.74, 6) is 0.749. The van der Waals surface area contributed by atoms with Crippen LogP contribution in [0.1, 0.15) is 5.56 Å². The Kier molecular flexibility index (Phi) is 3.92. The molecule has 3 rings (SSSR count). The van der Waals surface area contributed by atoms with Gasteiger partial charge in [0.15, 0.2) is 0 Å². The minimum Gasteiger partial charge on any atom is -0.491 e. The molecule has 0 amide bonds. The summed E-state index contributed by atoms with van der Waals surface area (Å²) >= 11 is 14.0. The SMILES string of the molecule is Clc1ccc2c(c1Cl)OCC(Sc1ccccc1)C2. The van der Waals surface area contributed by atoms with Crippen molar-refractivity contribution < 1.29 is 4.74 Å². The van der Waals surface area contributed by atoms with E-state index in [4.69, 9.17) is 27.9 Å². The molecular weight excluding hydrogens is 299 g/mol. The lowest BCUT2D eigenvalue weighted by atomic mass is 10.1. The minimum atomic E-state index is 0.409. The molecule has 1 unspecified atom stereocenters. The Morgan fingerprint density at radius 2 is 1.84 bits per heavy atom. The van der Waals surface area contributed by atoms with Gasteiger partial charge in [-0.05, 0) is 30.2 Å². The fourth-order valence-electron chi connectivity index (χ4n) is 2.14. The van der Waals surface area contributed by atoms with Crippen molar-refractivity contribution in [1.82, 2.24) is 0 Å². The van der Waals surface area contributed by atoms with Crippen LogP contribution >= 0.6 is 35.0 Å². The van der Waals surface area contributed by atoms with E-state index in [0.717, 1.165) is 17.7 Å². The monoisotopic (exact) mass is 310 g/mol. The van der Waals surface area contributed by atoms with Gasteiger partial charge >= 0.3 is 0 Å². The number of fused-ring (bicyclic) bond motifs is 1. The van der Waals surface area contributed by atoms with Gasteiger partial charge in [0.2, 0.25) is 0 Å². The molecule has 19 heavy (non-hydrogen) atoms. The molecule has 4 heteroatoms. The molecule has 0 saturated carbocycles. The largest absolute Gasteiger partial charge is 0.491 e. The Labute approximate surface area is 126 Å². The lowest BCUT2D eigenvalue weighted by Crippen LogP contribution is -2.23. The van der Waals surface area contributed by atoms with Gasteiger partial charge in [-0.1, -0.05) is 47.5 Å². The lowest BCUT2D eigenvalue weighted by molar-refractivity contribution is 0.294. The predicted octanol–water partition coefficient (Wildman–Crippen LogP) is 5.09. The summed E-state index contributed by atoms with van der Waals surface area (Å²) < 4.78 is 5.78. The minimum absolute atomic E-state index is 0.409. The zero-order valence-corrected chi connectivity index (χ0v) is 12.4.